The van der Waals surface area contributed by atoms with Crippen molar-refractivity contribution in [2.24, 2.45) is 0 Å². The Hall–Kier alpha value is -0.550. The van der Waals surface area contributed by atoms with E-state index in [9.17, 15) is 4.57 Å². The van der Waals surface area contributed by atoms with E-state index in [4.69, 9.17) is 0 Å². The van der Waals surface area contributed by atoms with Crippen molar-refractivity contribution in [2.75, 3.05) is 6.16 Å². The van der Waals surface area contributed by atoms with E-state index >= 15 is 0 Å². The molecule has 0 aromatic heterocycles. The van der Waals surface area contributed by atoms with E-state index < -0.39 is 7.14 Å². The SMILES string of the molecule is CCCCCCCC[C@H](C)[P@@](=O)(CCCC)c1ccccc1. The molecule has 0 saturated heterocycles. The van der Waals surface area contributed by atoms with Gasteiger partial charge in [-0.25, -0.2) is 0 Å². The number of hydrogen-bond acceptors (Lipinski definition) is 1. The molecule has 0 radical (unpaired) electrons. The van der Waals surface area contributed by atoms with Crippen molar-refractivity contribution < 1.29 is 4.57 Å². The van der Waals surface area contributed by atoms with Crippen molar-refractivity contribution in [1.29, 1.82) is 0 Å². The molecule has 0 bridgehead atoms. The third kappa shape index (κ3) is 6.29. The molecule has 1 aromatic carbocycles. The second kappa shape index (κ2) is 11.1. The van der Waals surface area contributed by atoms with Gasteiger partial charge in [-0.3, -0.25) is 0 Å². The van der Waals surface area contributed by atoms with Crippen LogP contribution in [0.1, 0.15) is 78.6 Å². The minimum absolute atomic E-state index is 0.327. The maximum atomic E-state index is 13.6. The first-order chi connectivity index (χ1) is 10.6. The summed E-state index contributed by atoms with van der Waals surface area (Å²) in [7, 11) is -2.24. The zero-order valence-corrected chi connectivity index (χ0v) is 15.8. The Morgan fingerprint density at radius 2 is 1.45 bits per heavy atom. The molecule has 0 fully saturated rings. The molecule has 0 aliphatic heterocycles. The zero-order chi connectivity index (χ0) is 16.3. The van der Waals surface area contributed by atoms with E-state index in [0.29, 0.717) is 5.66 Å². The van der Waals surface area contributed by atoms with Crippen LogP contribution in [0.5, 0.6) is 0 Å². The summed E-state index contributed by atoms with van der Waals surface area (Å²) in [6.07, 6.45) is 12.1. The van der Waals surface area contributed by atoms with Crippen molar-refractivity contribution in [3.8, 4) is 0 Å². The number of unbranched alkanes of at least 4 members (excludes halogenated alkanes) is 6. The molecule has 126 valence electrons. The van der Waals surface area contributed by atoms with Gasteiger partial charge in [0.1, 0.15) is 7.14 Å². The van der Waals surface area contributed by atoms with Crippen molar-refractivity contribution in [2.45, 2.75) is 84.2 Å². The average molecular weight is 322 g/mol. The lowest BCUT2D eigenvalue weighted by Gasteiger charge is -2.25. The summed E-state index contributed by atoms with van der Waals surface area (Å²) in [5.41, 5.74) is 0.327. The smallest absolute Gasteiger partial charge is 0.118 e. The Morgan fingerprint density at radius 3 is 2.09 bits per heavy atom. The summed E-state index contributed by atoms with van der Waals surface area (Å²) in [6.45, 7) is 6.66. The fourth-order valence-electron chi connectivity index (χ4n) is 3.11. The second-order valence-electron chi connectivity index (χ2n) is 6.61. The molecule has 0 aliphatic carbocycles. The first-order valence-corrected chi connectivity index (χ1v) is 11.3. The van der Waals surface area contributed by atoms with Crippen LogP contribution in [0, 0.1) is 0 Å². The minimum Gasteiger partial charge on any atom is -0.318 e. The molecule has 22 heavy (non-hydrogen) atoms. The van der Waals surface area contributed by atoms with Crippen LogP contribution in [-0.2, 0) is 4.57 Å². The lowest BCUT2D eigenvalue weighted by atomic mass is 10.1. The van der Waals surface area contributed by atoms with Crippen LogP contribution >= 0.6 is 7.14 Å². The topological polar surface area (TPSA) is 17.1 Å². The van der Waals surface area contributed by atoms with Gasteiger partial charge in [0.2, 0.25) is 0 Å². The van der Waals surface area contributed by atoms with Crippen LogP contribution in [0.15, 0.2) is 30.3 Å². The van der Waals surface area contributed by atoms with Gasteiger partial charge >= 0.3 is 0 Å². The highest BCUT2D eigenvalue weighted by Crippen LogP contribution is 2.52. The van der Waals surface area contributed by atoms with Gasteiger partial charge < -0.3 is 4.57 Å². The number of benzene rings is 1. The molecule has 0 saturated carbocycles. The summed E-state index contributed by atoms with van der Waals surface area (Å²) in [5.74, 6) is 0. The Morgan fingerprint density at radius 1 is 0.864 bits per heavy atom. The highest BCUT2D eigenvalue weighted by molar-refractivity contribution is 7.72. The van der Waals surface area contributed by atoms with E-state index in [1.807, 2.05) is 18.2 Å². The molecule has 0 spiro atoms. The molecule has 0 unspecified atom stereocenters. The van der Waals surface area contributed by atoms with Crippen molar-refractivity contribution in [3.05, 3.63) is 30.3 Å². The lowest BCUT2D eigenvalue weighted by molar-refractivity contribution is 0.551. The first kappa shape index (κ1) is 19.5. The van der Waals surface area contributed by atoms with Crippen LogP contribution in [0.25, 0.3) is 0 Å². The van der Waals surface area contributed by atoms with Crippen molar-refractivity contribution >= 4 is 12.4 Å². The lowest BCUT2D eigenvalue weighted by Crippen LogP contribution is -2.17. The number of rotatable bonds is 12. The van der Waals surface area contributed by atoms with Gasteiger partial charge in [-0.15, -0.1) is 0 Å². The Balaban J connectivity index is 2.58. The van der Waals surface area contributed by atoms with E-state index in [0.717, 1.165) is 30.7 Å². The molecule has 0 amide bonds. The third-order valence-electron chi connectivity index (χ3n) is 4.72. The predicted octanol–water partition coefficient (Wildman–Crippen LogP) is 6.61. The standard InChI is InChI=1S/C20H35OP/c1-4-6-8-9-10-12-15-19(3)22(21,18-7-5-2)20-16-13-11-14-17-20/h11,13-14,16-17,19H,4-10,12,15,18H2,1-3H3/t19-,22-/m0/s1. The average Bonchev–Trinajstić information content (AvgIpc) is 2.56. The highest BCUT2D eigenvalue weighted by atomic mass is 31.2. The van der Waals surface area contributed by atoms with Gasteiger partial charge in [-0.05, 0) is 12.8 Å². The van der Waals surface area contributed by atoms with Crippen LogP contribution < -0.4 is 5.30 Å². The quantitative estimate of drug-likeness (QED) is 0.312. The highest BCUT2D eigenvalue weighted by Gasteiger charge is 2.30. The molecule has 0 heterocycles. The van der Waals surface area contributed by atoms with E-state index in [2.05, 4.69) is 32.9 Å². The molecule has 2 heteroatoms. The summed E-state index contributed by atoms with van der Waals surface area (Å²) in [6, 6.07) is 10.2. The van der Waals surface area contributed by atoms with Gasteiger partial charge in [-0.2, -0.15) is 0 Å². The summed E-state index contributed by atoms with van der Waals surface area (Å²) >= 11 is 0. The van der Waals surface area contributed by atoms with Crippen LogP contribution in [0.2, 0.25) is 0 Å². The fraction of sp³-hybridized carbons (Fsp3) is 0.700. The third-order valence-corrected chi connectivity index (χ3v) is 8.56. The van der Waals surface area contributed by atoms with Gasteiger partial charge in [-0.1, -0.05) is 96.0 Å². The van der Waals surface area contributed by atoms with E-state index in [1.54, 1.807) is 0 Å². The van der Waals surface area contributed by atoms with Crippen LogP contribution in [-0.4, -0.2) is 11.8 Å². The van der Waals surface area contributed by atoms with Gasteiger partial charge in [0.15, 0.2) is 0 Å². The fourth-order valence-corrected chi connectivity index (χ4v) is 6.38. The molecule has 1 aromatic rings. The molecule has 2 atom stereocenters. The largest absolute Gasteiger partial charge is 0.318 e. The summed E-state index contributed by atoms with van der Waals surface area (Å²) in [5, 5.41) is 1.10. The maximum Gasteiger partial charge on any atom is 0.118 e. The minimum atomic E-state index is -2.24. The molecule has 0 N–H and O–H groups in total. The Labute approximate surface area is 138 Å². The molecule has 0 aliphatic rings. The summed E-state index contributed by atoms with van der Waals surface area (Å²) < 4.78 is 13.6. The normalized spacial score (nSPS) is 15.4. The summed E-state index contributed by atoms with van der Waals surface area (Å²) in [4.78, 5) is 0. The Bertz CT molecular complexity index is 427. The maximum absolute atomic E-state index is 13.6. The molecular weight excluding hydrogens is 287 g/mol. The predicted molar refractivity (Wildman–Crippen MR) is 101 cm³/mol. The van der Waals surface area contributed by atoms with E-state index in [-0.39, 0.29) is 0 Å². The second-order valence-corrected chi connectivity index (χ2v) is 10.1. The molecule has 1 nitrogen and oxygen atoms in total. The van der Waals surface area contributed by atoms with Gasteiger partial charge in [0.05, 0.1) is 0 Å². The van der Waals surface area contributed by atoms with Crippen molar-refractivity contribution in [3.63, 3.8) is 0 Å². The molecule has 1 rings (SSSR count). The number of hydrogen-bond donors (Lipinski definition) is 0. The van der Waals surface area contributed by atoms with Gasteiger partial charge in [0.25, 0.3) is 0 Å². The zero-order valence-electron chi connectivity index (χ0n) is 14.9. The van der Waals surface area contributed by atoms with Crippen LogP contribution in [0.4, 0.5) is 0 Å². The Kier molecular flexibility index (Phi) is 9.80. The monoisotopic (exact) mass is 322 g/mol. The molecular formula is C20H35OP. The van der Waals surface area contributed by atoms with Crippen molar-refractivity contribution in [1.82, 2.24) is 0 Å². The first-order valence-electron chi connectivity index (χ1n) is 9.29. The van der Waals surface area contributed by atoms with E-state index in [1.165, 1.54) is 38.5 Å². The van der Waals surface area contributed by atoms with Crippen LogP contribution in [0.3, 0.4) is 0 Å². The van der Waals surface area contributed by atoms with Gasteiger partial charge in [0, 0.05) is 17.1 Å².